The molecule has 0 aromatic carbocycles. The zero-order valence-electron chi connectivity index (χ0n) is 10.7. The molecular weight excluding hydrogens is 260 g/mol. The second-order valence-electron chi connectivity index (χ2n) is 4.26. The number of anilines is 1. The fourth-order valence-corrected chi connectivity index (χ4v) is 1.74. The Hall–Kier alpha value is -2.95. The van der Waals surface area contributed by atoms with E-state index in [2.05, 4.69) is 15.3 Å². The van der Waals surface area contributed by atoms with Crippen LogP contribution in [0.1, 0.15) is 12.5 Å². The molecule has 1 N–H and O–H groups in total. The first-order chi connectivity index (χ1) is 9.60. The fraction of sp³-hybridized carbons (Fsp3) is 0.250. The predicted octanol–water partition coefficient (Wildman–Crippen LogP) is 1.56. The number of rotatable bonds is 5. The summed E-state index contributed by atoms with van der Waals surface area (Å²) in [6.45, 7) is 2.56. The minimum Gasteiger partial charge on any atom is -0.365 e. The van der Waals surface area contributed by atoms with Gasteiger partial charge in [0.05, 0.1) is 11.3 Å². The molecule has 8 heteroatoms. The number of nitriles is 1. The molecule has 0 fully saturated rings. The minimum atomic E-state index is -0.577. The van der Waals surface area contributed by atoms with Crippen LogP contribution in [0.5, 0.6) is 0 Å². The van der Waals surface area contributed by atoms with Crippen LogP contribution in [-0.2, 0) is 6.54 Å². The Balaban J connectivity index is 2.12. The maximum Gasteiger partial charge on any atom is 0.289 e. The number of nitrogens with one attached hydrogen (secondary N) is 1. The van der Waals surface area contributed by atoms with Gasteiger partial charge >= 0.3 is 0 Å². The molecule has 20 heavy (non-hydrogen) atoms. The van der Waals surface area contributed by atoms with Crippen molar-refractivity contribution in [1.29, 1.82) is 5.26 Å². The zero-order valence-corrected chi connectivity index (χ0v) is 10.7. The standard InChI is InChI=1S/C12H12N6O2/c1-9(7-17-3-2-14-8-17)16-12-10(5-13)4-11(6-15-12)18(19)20/h2-4,6,8-9H,7H2,1H3,(H,15,16). The van der Waals surface area contributed by atoms with E-state index in [0.29, 0.717) is 12.4 Å². The van der Waals surface area contributed by atoms with Crippen LogP contribution in [0.3, 0.4) is 0 Å². The third kappa shape index (κ3) is 3.08. The van der Waals surface area contributed by atoms with Crippen molar-refractivity contribution in [2.24, 2.45) is 0 Å². The van der Waals surface area contributed by atoms with Crippen LogP contribution in [0, 0.1) is 21.4 Å². The highest BCUT2D eigenvalue weighted by Gasteiger charge is 2.13. The van der Waals surface area contributed by atoms with E-state index in [1.807, 2.05) is 23.8 Å². The summed E-state index contributed by atoms with van der Waals surface area (Å²) in [7, 11) is 0. The molecule has 0 bridgehead atoms. The van der Waals surface area contributed by atoms with Gasteiger partial charge in [-0.3, -0.25) is 10.1 Å². The Labute approximate surface area is 114 Å². The second kappa shape index (κ2) is 5.79. The molecule has 1 unspecified atom stereocenters. The summed E-state index contributed by atoms with van der Waals surface area (Å²) < 4.78 is 1.88. The Morgan fingerprint density at radius 1 is 1.65 bits per heavy atom. The first-order valence-electron chi connectivity index (χ1n) is 5.87. The van der Waals surface area contributed by atoms with Gasteiger partial charge in [0.1, 0.15) is 23.6 Å². The number of hydrogen-bond acceptors (Lipinski definition) is 6. The van der Waals surface area contributed by atoms with Gasteiger partial charge in [0.25, 0.3) is 5.69 Å². The summed E-state index contributed by atoms with van der Waals surface area (Å²) in [5.41, 5.74) is -0.0500. The van der Waals surface area contributed by atoms with E-state index in [1.54, 1.807) is 12.5 Å². The van der Waals surface area contributed by atoms with E-state index in [9.17, 15) is 10.1 Å². The first kappa shape index (κ1) is 13.5. The lowest BCUT2D eigenvalue weighted by Crippen LogP contribution is -2.22. The Bertz CT molecular complexity index is 646. The minimum absolute atomic E-state index is 0.00902. The average Bonchev–Trinajstić information content (AvgIpc) is 2.91. The van der Waals surface area contributed by atoms with Crippen molar-refractivity contribution in [2.75, 3.05) is 5.32 Å². The van der Waals surface area contributed by atoms with Crippen LogP contribution in [0.25, 0.3) is 0 Å². The van der Waals surface area contributed by atoms with Gasteiger partial charge in [0.2, 0.25) is 0 Å². The molecular formula is C12H12N6O2. The molecule has 2 aromatic heterocycles. The van der Waals surface area contributed by atoms with Gasteiger partial charge in [-0.2, -0.15) is 5.26 Å². The van der Waals surface area contributed by atoms with Crippen molar-refractivity contribution < 1.29 is 4.92 Å². The van der Waals surface area contributed by atoms with Gasteiger partial charge in [-0.25, -0.2) is 9.97 Å². The molecule has 2 heterocycles. The number of hydrogen-bond donors (Lipinski definition) is 1. The predicted molar refractivity (Wildman–Crippen MR) is 70.9 cm³/mol. The van der Waals surface area contributed by atoms with Crippen molar-refractivity contribution in [3.63, 3.8) is 0 Å². The van der Waals surface area contributed by atoms with Crippen molar-refractivity contribution in [1.82, 2.24) is 14.5 Å². The van der Waals surface area contributed by atoms with E-state index in [-0.39, 0.29) is 17.3 Å². The maximum absolute atomic E-state index is 10.6. The SMILES string of the molecule is CC(Cn1ccnc1)Nc1ncc([N+](=O)[O-])cc1C#N. The van der Waals surface area contributed by atoms with Crippen molar-refractivity contribution in [3.05, 3.63) is 46.7 Å². The van der Waals surface area contributed by atoms with Crippen molar-refractivity contribution >= 4 is 11.5 Å². The quantitative estimate of drug-likeness (QED) is 0.653. The molecule has 2 aromatic rings. The molecule has 1 atom stereocenters. The molecule has 2 rings (SSSR count). The lowest BCUT2D eigenvalue weighted by atomic mass is 10.2. The topological polar surface area (TPSA) is 110 Å². The maximum atomic E-state index is 10.6. The van der Waals surface area contributed by atoms with Gasteiger partial charge in [0.15, 0.2) is 0 Å². The van der Waals surface area contributed by atoms with Gasteiger partial charge in [-0.15, -0.1) is 0 Å². The molecule has 0 aliphatic rings. The van der Waals surface area contributed by atoms with Crippen LogP contribution in [0.4, 0.5) is 11.5 Å². The molecule has 102 valence electrons. The van der Waals surface area contributed by atoms with E-state index < -0.39 is 4.92 Å². The third-order valence-electron chi connectivity index (χ3n) is 2.63. The van der Waals surface area contributed by atoms with Crippen LogP contribution in [0.2, 0.25) is 0 Å². The third-order valence-corrected chi connectivity index (χ3v) is 2.63. The number of nitro groups is 1. The highest BCUT2D eigenvalue weighted by atomic mass is 16.6. The smallest absolute Gasteiger partial charge is 0.289 e. The highest BCUT2D eigenvalue weighted by Crippen LogP contribution is 2.19. The van der Waals surface area contributed by atoms with Gasteiger partial charge in [-0.1, -0.05) is 0 Å². The van der Waals surface area contributed by atoms with Crippen molar-refractivity contribution in [2.45, 2.75) is 19.5 Å². The molecule has 0 aliphatic heterocycles. The summed E-state index contributed by atoms with van der Waals surface area (Å²) >= 11 is 0. The summed E-state index contributed by atoms with van der Waals surface area (Å²) in [6.07, 6.45) is 6.32. The van der Waals surface area contributed by atoms with E-state index in [0.717, 1.165) is 6.20 Å². The van der Waals surface area contributed by atoms with Crippen LogP contribution in [-0.4, -0.2) is 25.5 Å². The number of nitrogens with zero attached hydrogens (tertiary/aromatic N) is 5. The van der Waals surface area contributed by atoms with Crippen LogP contribution < -0.4 is 5.32 Å². The molecule has 0 saturated heterocycles. The normalized spacial score (nSPS) is 11.6. The monoisotopic (exact) mass is 272 g/mol. The molecule has 0 amide bonds. The van der Waals surface area contributed by atoms with Gasteiger partial charge in [0, 0.05) is 31.0 Å². The lowest BCUT2D eigenvalue weighted by molar-refractivity contribution is -0.385. The van der Waals surface area contributed by atoms with Crippen LogP contribution >= 0.6 is 0 Å². The van der Waals surface area contributed by atoms with Crippen LogP contribution in [0.15, 0.2) is 31.0 Å². The molecule has 0 radical (unpaired) electrons. The zero-order chi connectivity index (χ0) is 14.5. The molecule has 8 nitrogen and oxygen atoms in total. The summed E-state index contributed by atoms with van der Waals surface area (Å²) in [4.78, 5) is 17.9. The van der Waals surface area contributed by atoms with Crippen molar-refractivity contribution in [3.8, 4) is 6.07 Å². The first-order valence-corrected chi connectivity index (χ1v) is 5.87. The summed E-state index contributed by atoms with van der Waals surface area (Å²) in [6, 6.07) is 3.11. The Kier molecular flexibility index (Phi) is 3.91. The van der Waals surface area contributed by atoms with E-state index >= 15 is 0 Å². The second-order valence-corrected chi connectivity index (χ2v) is 4.26. The summed E-state index contributed by atoms with van der Waals surface area (Å²) in [5.74, 6) is 0.339. The molecule has 0 spiro atoms. The number of imidazole rings is 1. The molecule has 0 aliphatic carbocycles. The summed E-state index contributed by atoms with van der Waals surface area (Å²) in [5, 5.41) is 22.7. The largest absolute Gasteiger partial charge is 0.365 e. The van der Waals surface area contributed by atoms with E-state index in [1.165, 1.54) is 6.07 Å². The Morgan fingerprint density at radius 3 is 3.05 bits per heavy atom. The average molecular weight is 272 g/mol. The highest BCUT2D eigenvalue weighted by molar-refractivity contribution is 5.55. The number of pyridine rings is 1. The Morgan fingerprint density at radius 2 is 2.45 bits per heavy atom. The fourth-order valence-electron chi connectivity index (χ4n) is 1.74. The van der Waals surface area contributed by atoms with Gasteiger partial charge in [-0.05, 0) is 6.92 Å². The van der Waals surface area contributed by atoms with Gasteiger partial charge < -0.3 is 9.88 Å². The lowest BCUT2D eigenvalue weighted by Gasteiger charge is -2.15. The molecule has 0 saturated carbocycles. The number of aromatic nitrogens is 3. The van der Waals surface area contributed by atoms with E-state index in [4.69, 9.17) is 5.26 Å².